The van der Waals surface area contributed by atoms with Gasteiger partial charge in [-0.25, -0.2) is 9.50 Å². The molecule has 0 saturated carbocycles. The number of nitrogens with two attached hydrogens (primary N) is 1. The fourth-order valence-electron chi connectivity index (χ4n) is 1.23. The van der Waals surface area contributed by atoms with Crippen molar-refractivity contribution < 1.29 is 0 Å². The Morgan fingerprint density at radius 2 is 2.36 bits per heavy atom. The first-order valence-electron chi connectivity index (χ1n) is 4.40. The van der Waals surface area contributed by atoms with Gasteiger partial charge < -0.3 is 5.73 Å². The van der Waals surface area contributed by atoms with Crippen LogP contribution in [0.3, 0.4) is 0 Å². The van der Waals surface area contributed by atoms with Crippen molar-refractivity contribution in [3.05, 3.63) is 24.2 Å². The van der Waals surface area contributed by atoms with Gasteiger partial charge in [-0.05, 0) is 18.1 Å². The minimum Gasteiger partial charge on any atom is -0.382 e. The van der Waals surface area contributed by atoms with E-state index in [1.165, 1.54) is 6.33 Å². The Morgan fingerprint density at radius 1 is 1.50 bits per heavy atom. The predicted octanol–water partition coefficient (Wildman–Crippen LogP) is 1.07. The zero-order valence-electron chi connectivity index (χ0n) is 7.86. The highest BCUT2D eigenvalue weighted by atomic mass is 15.2. The van der Waals surface area contributed by atoms with Crippen LogP contribution >= 0.6 is 0 Å². The molecule has 2 rings (SSSR count). The summed E-state index contributed by atoms with van der Waals surface area (Å²) in [7, 11) is 0. The van der Waals surface area contributed by atoms with E-state index < -0.39 is 0 Å². The smallest absolute Gasteiger partial charge is 0.151 e. The van der Waals surface area contributed by atoms with E-state index in [4.69, 9.17) is 5.73 Å². The van der Waals surface area contributed by atoms with Gasteiger partial charge in [0.2, 0.25) is 0 Å². The van der Waals surface area contributed by atoms with Gasteiger partial charge in [-0.15, -0.1) is 0 Å². The van der Waals surface area contributed by atoms with Gasteiger partial charge in [0.1, 0.15) is 17.5 Å². The molecule has 70 valence electrons. The Morgan fingerprint density at radius 3 is 3.14 bits per heavy atom. The number of hydrogen-bond acceptors (Lipinski definition) is 3. The van der Waals surface area contributed by atoms with Crippen molar-refractivity contribution in [3.8, 4) is 11.8 Å². The lowest BCUT2D eigenvalue weighted by Crippen LogP contribution is -1.99. The molecule has 0 aliphatic rings. The SMILES string of the molecule is CCC#Cc1ccc2c(N)ncnn12. The third-order valence-electron chi connectivity index (χ3n) is 1.88. The summed E-state index contributed by atoms with van der Waals surface area (Å²) >= 11 is 0. The number of anilines is 1. The summed E-state index contributed by atoms with van der Waals surface area (Å²) in [4.78, 5) is 3.90. The molecule has 0 aliphatic heterocycles. The molecule has 0 saturated heterocycles. The second-order valence-electron chi connectivity index (χ2n) is 2.82. The average Bonchev–Trinajstić information content (AvgIpc) is 2.60. The van der Waals surface area contributed by atoms with Crippen LogP contribution in [0.5, 0.6) is 0 Å². The van der Waals surface area contributed by atoms with E-state index in [9.17, 15) is 0 Å². The molecule has 4 heteroatoms. The lowest BCUT2D eigenvalue weighted by Gasteiger charge is -1.96. The molecule has 2 N–H and O–H groups in total. The fourth-order valence-corrected chi connectivity index (χ4v) is 1.23. The van der Waals surface area contributed by atoms with Gasteiger partial charge in [-0.3, -0.25) is 0 Å². The molecule has 0 unspecified atom stereocenters. The highest BCUT2D eigenvalue weighted by molar-refractivity contribution is 5.66. The van der Waals surface area contributed by atoms with Gasteiger partial charge in [0.25, 0.3) is 0 Å². The van der Waals surface area contributed by atoms with E-state index in [-0.39, 0.29) is 0 Å². The van der Waals surface area contributed by atoms with Gasteiger partial charge in [0, 0.05) is 6.42 Å². The highest BCUT2D eigenvalue weighted by Crippen LogP contribution is 2.11. The standard InChI is InChI=1S/C10H10N4/c1-2-3-4-8-5-6-9-10(11)12-7-13-14(8)9/h5-7H,2H2,1H3,(H2,11,12,13). The first kappa shape index (κ1) is 8.57. The molecule has 0 aromatic carbocycles. The summed E-state index contributed by atoms with van der Waals surface area (Å²) < 4.78 is 1.70. The molecular weight excluding hydrogens is 176 g/mol. The summed E-state index contributed by atoms with van der Waals surface area (Å²) in [6.45, 7) is 2.01. The van der Waals surface area contributed by atoms with E-state index in [1.807, 2.05) is 19.1 Å². The Balaban J connectivity index is 2.64. The first-order chi connectivity index (χ1) is 6.83. The van der Waals surface area contributed by atoms with Crippen LogP contribution in [-0.2, 0) is 0 Å². The van der Waals surface area contributed by atoms with Crippen LogP contribution in [0.1, 0.15) is 19.0 Å². The second-order valence-corrected chi connectivity index (χ2v) is 2.82. The minimum atomic E-state index is 0.476. The molecule has 2 heterocycles. The number of fused-ring (bicyclic) bond motifs is 1. The van der Waals surface area contributed by atoms with Crippen LogP contribution in [-0.4, -0.2) is 14.6 Å². The second kappa shape index (κ2) is 3.38. The average molecular weight is 186 g/mol. The Hall–Kier alpha value is -2.02. The molecule has 2 aromatic rings. The van der Waals surface area contributed by atoms with E-state index in [0.717, 1.165) is 17.6 Å². The Bertz CT molecular complexity index is 516. The van der Waals surface area contributed by atoms with Crippen LogP contribution in [0.15, 0.2) is 18.5 Å². The quantitative estimate of drug-likeness (QED) is 0.626. The third-order valence-corrected chi connectivity index (χ3v) is 1.88. The molecule has 2 aromatic heterocycles. The molecule has 4 nitrogen and oxygen atoms in total. The lowest BCUT2D eigenvalue weighted by atomic mass is 10.4. The van der Waals surface area contributed by atoms with E-state index in [2.05, 4.69) is 21.9 Å². The third kappa shape index (κ3) is 1.29. The summed E-state index contributed by atoms with van der Waals surface area (Å²) in [6.07, 6.45) is 2.26. The largest absolute Gasteiger partial charge is 0.382 e. The predicted molar refractivity (Wildman–Crippen MR) is 54.6 cm³/mol. The summed E-state index contributed by atoms with van der Waals surface area (Å²) in [5.41, 5.74) is 7.32. The van der Waals surface area contributed by atoms with Gasteiger partial charge >= 0.3 is 0 Å². The molecule has 14 heavy (non-hydrogen) atoms. The number of rotatable bonds is 0. The van der Waals surface area contributed by atoms with Crippen LogP contribution in [0.4, 0.5) is 5.82 Å². The maximum Gasteiger partial charge on any atom is 0.151 e. The maximum absolute atomic E-state index is 5.68. The van der Waals surface area contributed by atoms with E-state index >= 15 is 0 Å². The van der Waals surface area contributed by atoms with E-state index in [0.29, 0.717) is 5.82 Å². The zero-order valence-corrected chi connectivity index (χ0v) is 7.86. The van der Waals surface area contributed by atoms with E-state index in [1.54, 1.807) is 4.52 Å². The van der Waals surface area contributed by atoms with Gasteiger partial charge in [0.05, 0.1) is 0 Å². The molecule has 0 radical (unpaired) electrons. The van der Waals surface area contributed by atoms with Crippen molar-refractivity contribution in [2.75, 3.05) is 5.73 Å². The molecule has 0 bridgehead atoms. The zero-order chi connectivity index (χ0) is 9.97. The van der Waals surface area contributed by atoms with Gasteiger partial charge in [-0.1, -0.05) is 12.8 Å². The topological polar surface area (TPSA) is 56.2 Å². The summed E-state index contributed by atoms with van der Waals surface area (Å²) in [5, 5.41) is 4.08. The van der Waals surface area contributed by atoms with Crippen molar-refractivity contribution in [1.82, 2.24) is 14.6 Å². The van der Waals surface area contributed by atoms with Crippen molar-refractivity contribution >= 4 is 11.3 Å². The minimum absolute atomic E-state index is 0.476. The molecule has 0 spiro atoms. The van der Waals surface area contributed by atoms with Crippen molar-refractivity contribution in [1.29, 1.82) is 0 Å². The molecular formula is C10H10N4. The number of nitrogen functional groups attached to an aromatic ring is 1. The maximum atomic E-state index is 5.68. The Labute approximate surface area is 81.8 Å². The highest BCUT2D eigenvalue weighted by Gasteiger charge is 2.02. The first-order valence-corrected chi connectivity index (χ1v) is 4.40. The molecule has 0 fully saturated rings. The summed E-state index contributed by atoms with van der Waals surface area (Å²) in [6, 6.07) is 3.76. The van der Waals surface area contributed by atoms with Crippen molar-refractivity contribution in [3.63, 3.8) is 0 Å². The van der Waals surface area contributed by atoms with Crippen LogP contribution in [0.25, 0.3) is 5.52 Å². The van der Waals surface area contributed by atoms with Crippen molar-refractivity contribution in [2.45, 2.75) is 13.3 Å². The van der Waals surface area contributed by atoms with Crippen molar-refractivity contribution in [2.24, 2.45) is 0 Å². The fraction of sp³-hybridized carbons (Fsp3) is 0.200. The van der Waals surface area contributed by atoms with Crippen LogP contribution < -0.4 is 5.73 Å². The molecule has 0 aliphatic carbocycles. The van der Waals surface area contributed by atoms with Gasteiger partial charge in [0.15, 0.2) is 5.82 Å². The van der Waals surface area contributed by atoms with Gasteiger partial charge in [-0.2, -0.15) is 5.10 Å². The normalized spacial score (nSPS) is 9.79. The monoisotopic (exact) mass is 186 g/mol. The Kier molecular flexibility index (Phi) is 2.07. The summed E-state index contributed by atoms with van der Waals surface area (Å²) in [5.74, 6) is 6.48. The van der Waals surface area contributed by atoms with Crippen LogP contribution in [0, 0.1) is 11.8 Å². The number of aromatic nitrogens is 3. The molecule has 0 amide bonds. The number of nitrogens with zero attached hydrogens (tertiary/aromatic N) is 3. The van der Waals surface area contributed by atoms with Crippen LogP contribution in [0.2, 0.25) is 0 Å². The number of hydrogen-bond donors (Lipinski definition) is 1. The lowest BCUT2D eigenvalue weighted by molar-refractivity contribution is 0.896. The molecule has 0 atom stereocenters.